The van der Waals surface area contributed by atoms with E-state index in [2.05, 4.69) is 23.4 Å². The standard InChI is InChI=1S/C18H24N2O3/c1-5-23-12-15-19-16(18(21)22-4)17(20(15)11-13(2)3)14-9-7-6-8-10-14/h6-10,13H,5,11-12H2,1-4H3. The zero-order valence-corrected chi connectivity index (χ0v) is 14.2. The Morgan fingerprint density at radius 2 is 1.96 bits per heavy atom. The summed E-state index contributed by atoms with van der Waals surface area (Å²) in [5.41, 5.74) is 2.08. The molecule has 0 saturated heterocycles. The Balaban J connectivity index is 2.61. The number of benzene rings is 1. The number of carbonyl (C=O) groups is 1. The molecule has 5 heteroatoms. The predicted molar refractivity (Wildman–Crippen MR) is 89.2 cm³/mol. The molecule has 2 rings (SSSR count). The van der Waals surface area contributed by atoms with Crippen LogP contribution in [0.25, 0.3) is 11.3 Å². The van der Waals surface area contributed by atoms with Gasteiger partial charge < -0.3 is 14.0 Å². The van der Waals surface area contributed by atoms with Gasteiger partial charge in [-0.25, -0.2) is 9.78 Å². The van der Waals surface area contributed by atoms with Crippen LogP contribution in [0, 0.1) is 5.92 Å². The van der Waals surface area contributed by atoms with Crippen molar-refractivity contribution in [3.8, 4) is 11.3 Å². The van der Waals surface area contributed by atoms with E-state index in [1.807, 2.05) is 37.3 Å². The maximum absolute atomic E-state index is 12.2. The zero-order valence-electron chi connectivity index (χ0n) is 14.2. The van der Waals surface area contributed by atoms with Crippen LogP contribution in [0.4, 0.5) is 0 Å². The minimum absolute atomic E-state index is 0.342. The second kappa shape index (κ2) is 7.92. The molecule has 0 bridgehead atoms. The highest BCUT2D eigenvalue weighted by Crippen LogP contribution is 2.27. The Morgan fingerprint density at radius 1 is 1.26 bits per heavy atom. The van der Waals surface area contributed by atoms with Crippen LogP contribution in [0.5, 0.6) is 0 Å². The van der Waals surface area contributed by atoms with Gasteiger partial charge in [0.1, 0.15) is 12.4 Å². The Hall–Kier alpha value is -2.14. The van der Waals surface area contributed by atoms with Crippen molar-refractivity contribution in [2.45, 2.75) is 33.9 Å². The van der Waals surface area contributed by atoms with Crippen molar-refractivity contribution in [3.05, 3.63) is 41.9 Å². The second-order valence-electron chi connectivity index (χ2n) is 5.72. The SMILES string of the molecule is CCOCc1nc(C(=O)OC)c(-c2ccccc2)n1CC(C)C. The average Bonchev–Trinajstić information content (AvgIpc) is 2.90. The Morgan fingerprint density at radius 3 is 2.52 bits per heavy atom. The molecule has 2 aromatic rings. The number of rotatable bonds is 7. The van der Waals surface area contributed by atoms with E-state index in [0.717, 1.165) is 23.6 Å². The summed E-state index contributed by atoms with van der Waals surface area (Å²) in [5, 5.41) is 0. The topological polar surface area (TPSA) is 53.4 Å². The number of hydrogen-bond acceptors (Lipinski definition) is 4. The quantitative estimate of drug-likeness (QED) is 0.733. The fraction of sp³-hybridized carbons (Fsp3) is 0.444. The number of hydrogen-bond donors (Lipinski definition) is 0. The first-order valence-corrected chi connectivity index (χ1v) is 7.89. The molecule has 5 nitrogen and oxygen atoms in total. The molecule has 0 unspecified atom stereocenters. The molecule has 0 aliphatic heterocycles. The lowest BCUT2D eigenvalue weighted by atomic mass is 10.1. The summed E-state index contributed by atoms with van der Waals surface area (Å²) in [5.74, 6) is 0.737. The maximum Gasteiger partial charge on any atom is 0.358 e. The number of methoxy groups -OCH3 is 1. The van der Waals surface area contributed by atoms with Crippen LogP contribution < -0.4 is 0 Å². The summed E-state index contributed by atoms with van der Waals surface area (Å²) in [6.07, 6.45) is 0. The van der Waals surface area contributed by atoms with Gasteiger partial charge in [-0.1, -0.05) is 44.2 Å². The van der Waals surface area contributed by atoms with Crippen LogP contribution in [-0.4, -0.2) is 29.2 Å². The van der Waals surface area contributed by atoms with Crippen molar-refractivity contribution in [2.24, 2.45) is 5.92 Å². The molecule has 0 spiro atoms. The van der Waals surface area contributed by atoms with E-state index in [-0.39, 0.29) is 0 Å². The lowest BCUT2D eigenvalue weighted by Crippen LogP contribution is -2.11. The van der Waals surface area contributed by atoms with Gasteiger partial charge in [-0.15, -0.1) is 0 Å². The van der Waals surface area contributed by atoms with Gasteiger partial charge >= 0.3 is 5.97 Å². The van der Waals surface area contributed by atoms with Crippen LogP contribution in [0.2, 0.25) is 0 Å². The number of nitrogens with zero attached hydrogens (tertiary/aromatic N) is 2. The van der Waals surface area contributed by atoms with Crippen molar-refractivity contribution in [2.75, 3.05) is 13.7 Å². The number of aromatic nitrogens is 2. The Kier molecular flexibility index (Phi) is 5.93. The third kappa shape index (κ3) is 3.99. The molecule has 0 fully saturated rings. The summed E-state index contributed by atoms with van der Waals surface area (Å²) in [6, 6.07) is 9.80. The summed E-state index contributed by atoms with van der Waals surface area (Å²) in [6.45, 7) is 7.95. The highest BCUT2D eigenvalue weighted by Gasteiger charge is 2.24. The molecule has 0 saturated carbocycles. The van der Waals surface area contributed by atoms with Crippen molar-refractivity contribution in [1.82, 2.24) is 9.55 Å². The van der Waals surface area contributed by atoms with Crippen molar-refractivity contribution in [1.29, 1.82) is 0 Å². The monoisotopic (exact) mass is 316 g/mol. The van der Waals surface area contributed by atoms with Gasteiger partial charge in [-0.05, 0) is 12.8 Å². The number of carbonyl (C=O) groups excluding carboxylic acids is 1. The summed E-state index contributed by atoms with van der Waals surface area (Å²) in [4.78, 5) is 16.7. The predicted octanol–water partition coefficient (Wildman–Crippen LogP) is 3.53. The van der Waals surface area contributed by atoms with Crippen molar-refractivity contribution >= 4 is 5.97 Å². The lowest BCUT2D eigenvalue weighted by molar-refractivity contribution is 0.0595. The van der Waals surface area contributed by atoms with Gasteiger partial charge in [0.2, 0.25) is 0 Å². The number of esters is 1. The first-order chi connectivity index (χ1) is 11.1. The molecule has 124 valence electrons. The summed E-state index contributed by atoms with van der Waals surface area (Å²) >= 11 is 0. The first-order valence-electron chi connectivity index (χ1n) is 7.89. The highest BCUT2D eigenvalue weighted by atomic mass is 16.5. The molecule has 0 aliphatic carbocycles. The van der Waals surface area contributed by atoms with E-state index in [1.165, 1.54) is 7.11 Å². The first kappa shape index (κ1) is 17.2. The van der Waals surface area contributed by atoms with Crippen LogP contribution in [0.3, 0.4) is 0 Å². The molecule has 0 N–H and O–H groups in total. The van der Waals surface area contributed by atoms with Gasteiger partial charge in [0, 0.05) is 18.7 Å². The van der Waals surface area contributed by atoms with Gasteiger partial charge in [0.15, 0.2) is 5.69 Å². The Labute approximate surface area is 137 Å². The van der Waals surface area contributed by atoms with Gasteiger partial charge in [-0.2, -0.15) is 0 Å². The van der Waals surface area contributed by atoms with E-state index in [0.29, 0.717) is 24.8 Å². The maximum atomic E-state index is 12.2. The minimum atomic E-state index is -0.427. The molecule has 0 amide bonds. The lowest BCUT2D eigenvalue weighted by Gasteiger charge is -2.15. The van der Waals surface area contributed by atoms with E-state index in [9.17, 15) is 4.79 Å². The molecular weight excluding hydrogens is 292 g/mol. The van der Waals surface area contributed by atoms with Crippen LogP contribution in [0.1, 0.15) is 37.1 Å². The smallest absolute Gasteiger partial charge is 0.358 e. The third-order valence-electron chi connectivity index (χ3n) is 3.46. The van der Waals surface area contributed by atoms with Gasteiger partial charge in [-0.3, -0.25) is 0 Å². The van der Waals surface area contributed by atoms with E-state index >= 15 is 0 Å². The van der Waals surface area contributed by atoms with Crippen LogP contribution >= 0.6 is 0 Å². The normalized spacial score (nSPS) is 11.0. The van der Waals surface area contributed by atoms with E-state index < -0.39 is 5.97 Å². The van der Waals surface area contributed by atoms with Crippen LogP contribution in [-0.2, 0) is 22.6 Å². The average molecular weight is 316 g/mol. The number of ether oxygens (including phenoxy) is 2. The second-order valence-corrected chi connectivity index (χ2v) is 5.72. The zero-order chi connectivity index (χ0) is 16.8. The minimum Gasteiger partial charge on any atom is -0.464 e. The highest BCUT2D eigenvalue weighted by molar-refractivity contribution is 5.94. The molecular formula is C18H24N2O3. The van der Waals surface area contributed by atoms with E-state index in [1.54, 1.807) is 0 Å². The molecule has 0 atom stereocenters. The molecule has 1 aromatic carbocycles. The fourth-order valence-corrected chi connectivity index (χ4v) is 2.49. The molecule has 0 aliphatic rings. The van der Waals surface area contributed by atoms with Crippen LogP contribution in [0.15, 0.2) is 30.3 Å². The third-order valence-corrected chi connectivity index (χ3v) is 3.46. The molecule has 1 heterocycles. The van der Waals surface area contributed by atoms with Crippen molar-refractivity contribution < 1.29 is 14.3 Å². The van der Waals surface area contributed by atoms with Gasteiger partial charge in [0.05, 0.1) is 12.8 Å². The molecule has 1 aromatic heterocycles. The molecule has 0 radical (unpaired) electrons. The van der Waals surface area contributed by atoms with Crippen molar-refractivity contribution in [3.63, 3.8) is 0 Å². The van der Waals surface area contributed by atoms with E-state index in [4.69, 9.17) is 9.47 Å². The largest absolute Gasteiger partial charge is 0.464 e. The summed E-state index contributed by atoms with van der Waals surface area (Å²) in [7, 11) is 1.38. The fourth-order valence-electron chi connectivity index (χ4n) is 2.49. The summed E-state index contributed by atoms with van der Waals surface area (Å²) < 4.78 is 12.5. The molecule has 23 heavy (non-hydrogen) atoms. The number of imidazole rings is 1. The Bertz CT molecular complexity index is 648. The van der Waals surface area contributed by atoms with Gasteiger partial charge in [0.25, 0.3) is 0 Å².